The number of nitro benzene ring substituents is 1. The number of hydrogen-bond acceptors (Lipinski definition) is 4. The molecule has 20 heavy (non-hydrogen) atoms. The summed E-state index contributed by atoms with van der Waals surface area (Å²) < 4.78 is 37.8. The molecular formula is C12H14F3N3O2. The SMILES string of the molecule is NC1CCN(c2ccc(C(F)(F)F)cc2[N+](=O)[O-])CC1. The van der Waals surface area contributed by atoms with E-state index in [9.17, 15) is 23.3 Å². The quantitative estimate of drug-likeness (QED) is 0.670. The third-order valence-electron chi connectivity index (χ3n) is 3.38. The Balaban J connectivity index is 2.36. The van der Waals surface area contributed by atoms with E-state index in [-0.39, 0.29) is 11.7 Å². The van der Waals surface area contributed by atoms with Gasteiger partial charge in [0.2, 0.25) is 0 Å². The van der Waals surface area contributed by atoms with Gasteiger partial charge in [-0.15, -0.1) is 0 Å². The summed E-state index contributed by atoms with van der Waals surface area (Å²) in [5.74, 6) is 0. The van der Waals surface area contributed by atoms with Gasteiger partial charge >= 0.3 is 6.18 Å². The molecule has 0 aliphatic carbocycles. The number of rotatable bonds is 2. The second-order valence-corrected chi connectivity index (χ2v) is 4.78. The second kappa shape index (κ2) is 5.28. The molecule has 1 saturated heterocycles. The van der Waals surface area contributed by atoms with Crippen LogP contribution in [0.25, 0.3) is 0 Å². The fourth-order valence-corrected chi connectivity index (χ4v) is 2.25. The number of nitrogens with zero attached hydrogens (tertiary/aromatic N) is 2. The molecule has 8 heteroatoms. The van der Waals surface area contributed by atoms with E-state index >= 15 is 0 Å². The third-order valence-corrected chi connectivity index (χ3v) is 3.38. The van der Waals surface area contributed by atoms with Gasteiger partial charge in [-0.3, -0.25) is 10.1 Å². The van der Waals surface area contributed by atoms with Crippen molar-refractivity contribution in [2.45, 2.75) is 25.1 Å². The summed E-state index contributed by atoms with van der Waals surface area (Å²) in [5.41, 5.74) is 4.43. The summed E-state index contributed by atoms with van der Waals surface area (Å²) >= 11 is 0. The molecule has 0 saturated carbocycles. The average molecular weight is 289 g/mol. The van der Waals surface area contributed by atoms with Gasteiger partial charge in [-0.25, -0.2) is 0 Å². The van der Waals surface area contributed by atoms with Crippen LogP contribution in [0.5, 0.6) is 0 Å². The third kappa shape index (κ3) is 3.01. The Hall–Kier alpha value is -1.83. The van der Waals surface area contributed by atoms with Crippen LogP contribution in [-0.4, -0.2) is 24.1 Å². The van der Waals surface area contributed by atoms with Crippen LogP contribution < -0.4 is 10.6 Å². The Morgan fingerprint density at radius 2 is 1.90 bits per heavy atom. The van der Waals surface area contributed by atoms with Crippen LogP contribution in [-0.2, 0) is 6.18 Å². The van der Waals surface area contributed by atoms with Crippen molar-refractivity contribution in [1.29, 1.82) is 0 Å². The molecule has 0 radical (unpaired) electrons. The van der Waals surface area contributed by atoms with Crippen molar-refractivity contribution in [2.75, 3.05) is 18.0 Å². The monoisotopic (exact) mass is 289 g/mol. The summed E-state index contributed by atoms with van der Waals surface area (Å²) in [6.45, 7) is 1.01. The summed E-state index contributed by atoms with van der Waals surface area (Å²) in [7, 11) is 0. The van der Waals surface area contributed by atoms with E-state index < -0.39 is 22.4 Å². The van der Waals surface area contributed by atoms with Gasteiger partial charge in [0, 0.05) is 25.2 Å². The van der Waals surface area contributed by atoms with E-state index in [4.69, 9.17) is 5.73 Å². The number of benzene rings is 1. The molecule has 1 aromatic rings. The number of hydrogen-bond donors (Lipinski definition) is 1. The van der Waals surface area contributed by atoms with Gasteiger partial charge in [-0.05, 0) is 25.0 Å². The van der Waals surface area contributed by atoms with Gasteiger partial charge in [0.05, 0.1) is 10.5 Å². The first-order chi connectivity index (χ1) is 9.29. The molecule has 1 aliphatic rings. The van der Waals surface area contributed by atoms with Gasteiger partial charge in [-0.1, -0.05) is 0 Å². The maximum absolute atomic E-state index is 12.6. The molecule has 0 unspecified atom stereocenters. The minimum Gasteiger partial charge on any atom is -0.366 e. The van der Waals surface area contributed by atoms with E-state index in [0.29, 0.717) is 32.0 Å². The number of anilines is 1. The predicted octanol–water partition coefficient (Wildman–Crippen LogP) is 2.54. The molecule has 2 N–H and O–H groups in total. The first-order valence-electron chi connectivity index (χ1n) is 6.15. The molecule has 2 rings (SSSR count). The van der Waals surface area contributed by atoms with Crippen molar-refractivity contribution in [3.05, 3.63) is 33.9 Å². The number of nitrogens with two attached hydrogens (primary N) is 1. The molecule has 0 bridgehead atoms. The van der Waals surface area contributed by atoms with Crippen LogP contribution in [0.4, 0.5) is 24.5 Å². The van der Waals surface area contributed by atoms with Crippen molar-refractivity contribution in [1.82, 2.24) is 0 Å². The molecule has 5 nitrogen and oxygen atoms in total. The minimum atomic E-state index is -4.59. The molecule has 1 aromatic carbocycles. The number of halogens is 3. The molecule has 0 spiro atoms. The second-order valence-electron chi connectivity index (χ2n) is 4.78. The number of piperidine rings is 1. The van der Waals surface area contributed by atoms with Gasteiger partial charge in [-0.2, -0.15) is 13.2 Å². The topological polar surface area (TPSA) is 72.4 Å². The minimum absolute atomic E-state index is 0.0414. The van der Waals surface area contributed by atoms with E-state index in [1.54, 1.807) is 4.90 Å². The van der Waals surface area contributed by atoms with Crippen LogP contribution in [0.15, 0.2) is 18.2 Å². The zero-order chi connectivity index (χ0) is 14.9. The van der Waals surface area contributed by atoms with Crippen LogP contribution in [0.3, 0.4) is 0 Å². The maximum atomic E-state index is 12.6. The Kier molecular flexibility index (Phi) is 3.85. The van der Waals surface area contributed by atoms with E-state index in [2.05, 4.69) is 0 Å². The summed E-state index contributed by atoms with van der Waals surface area (Å²) in [5, 5.41) is 11.0. The van der Waals surface area contributed by atoms with Crippen LogP contribution in [0.1, 0.15) is 18.4 Å². The number of alkyl halides is 3. The molecule has 0 atom stereocenters. The van der Waals surface area contributed by atoms with Crippen molar-refractivity contribution in [3.8, 4) is 0 Å². The summed E-state index contributed by atoms with van der Waals surface area (Å²) in [4.78, 5) is 11.9. The normalized spacial score (nSPS) is 17.3. The fourth-order valence-electron chi connectivity index (χ4n) is 2.25. The molecule has 1 heterocycles. The molecular weight excluding hydrogens is 275 g/mol. The van der Waals surface area contributed by atoms with Crippen molar-refractivity contribution in [3.63, 3.8) is 0 Å². The first kappa shape index (κ1) is 14.6. The van der Waals surface area contributed by atoms with E-state index in [0.717, 1.165) is 12.1 Å². The molecule has 1 fully saturated rings. The lowest BCUT2D eigenvalue weighted by atomic mass is 10.0. The fraction of sp³-hybridized carbons (Fsp3) is 0.500. The smallest absolute Gasteiger partial charge is 0.366 e. The lowest BCUT2D eigenvalue weighted by Gasteiger charge is -2.31. The Labute approximate surface area is 113 Å². The highest BCUT2D eigenvalue weighted by Crippen LogP contribution is 2.37. The summed E-state index contributed by atoms with van der Waals surface area (Å²) in [6.07, 6.45) is -3.26. The molecule has 0 amide bonds. The maximum Gasteiger partial charge on any atom is 0.416 e. The number of nitro groups is 1. The van der Waals surface area contributed by atoms with Crippen LogP contribution in [0, 0.1) is 10.1 Å². The zero-order valence-electron chi connectivity index (χ0n) is 10.6. The lowest BCUT2D eigenvalue weighted by Crippen LogP contribution is -2.39. The van der Waals surface area contributed by atoms with Crippen LogP contribution in [0.2, 0.25) is 0 Å². The van der Waals surface area contributed by atoms with Crippen LogP contribution >= 0.6 is 0 Å². The standard InChI is InChI=1S/C12H14F3N3O2/c13-12(14,15)8-1-2-10(11(7-8)18(19)20)17-5-3-9(16)4-6-17/h1-2,7,9H,3-6,16H2. The van der Waals surface area contributed by atoms with Crippen molar-refractivity contribution < 1.29 is 18.1 Å². The van der Waals surface area contributed by atoms with Gasteiger partial charge in [0.1, 0.15) is 5.69 Å². The molecule has 110 valence electrons. The molecule has 1 aliphatic heterocycles. The van der Waals surface area contributed by atoms with Gasteiger partial charge in [0.25, 0.3) is 5.69 Å². The largest absolute Gasteiger partial charge is 0.416 e. The van der Waals surface area contributed by atoms with Crippen molar-refractivity contribution in [2.24, 2.45) is 5.73 Å². The summed E-state index contributed by atoms with van der Waals surface area (Å²) in [6, 6.07) is 2.66. The Morgan fingerprint density at radius 1 is 1.30 bits per heavy atom. The molecule has 0 aromatic heterocycles. The lowest BCUT2D eigenvalue weighted by molar-refractivity contribution is -0.384. The average Bonchev–Trinajstić information content (AvgIpc) is 2.38. The van der Waals surface area contributed by atoms with E-state index in [1.807, 2.05) is 0 Å². The zero-order valence-corrected chi connectivity index (χ0v) is 10.6. The van der Waals surface area contributed by atoms with Gasteiger partial charge in [0.15, 0.2) is 0 Å². The Morgan fingerprint density at radius 3 is 2.40 bits per heavy atom. The highest BCUT2D eigenvalue weighted by Gasteiger charge is 2.34. The van der Waals surface area contributed by atoms with Crippen molar-refractivity contribution >= 4 is 11.4 Å². The highest BCUT2D eigenvalue weighted by molar-refractivity contribution is 5.64. The predicted molar refractivity (Wildman–Crippen MR) is 67.5 cm³/mol. The van der Waals surface area contributed by atoms with Gasteiger partial charge < -0.3 is 10.6 Å². The highest BCUT2D eigenvalue weighted by atomic mass is 19.4. The first-order valence-corrected chi connectivity index (χ1v) is 6.15. The van der Waals surface area contributed by atoms with E-state index in [1.165, 1.54) is 0 Å². The Bertz CT molecular complexity index is 511.